The fourth-order valence-electron chi connectivity index (χ4n) is 2.52. The van der Waals surface area contributed by atoms with Crippen LogP contribution in [-0.4, -0.2) is 9.38 Å². The Kier molecular flexibility index (Phi) is 2.35. The molecule has 3 aromatic heterocycles. The lowest BCUT2D eigenvalue weighted by atomic mass is 10.1. The Labute approximate surface area is 118 Å². The third-order valence-corrected chi connectivity index (χ3v) is 3.51. The molecule has 1 aromatic carbocycles. The number of rotatable bonds is 1. The zero-order valence-electron chi connectivity index (χ0n) is 10.9. The summed E-state index contributed by atoms with van der Waals surface area (Å²) in [4.78, 5) is 26.6. The van der Waals surface area contributed by atoms with E-state index in [1.807, 2.05) is 24.4 Å². The van der Waals surface area contributed by atoms with Crippen LogP contribution in [0, 0.1) is 0 Å². The number of H-pyrrole nitrogens is 1. The number of benzene rings is 1. The molecule has 0 aliphatic heterocycles. The molecule has 0 fully saturated rings. The molecule has 0 aliphatic carbocycles. The Bertz CT molecular complexity index is 1090. The third kappa shape index (κ3) is 1.71. The first-order valence-corrected chi connectivity index (χ1v) is 6.46. The van der Waals surface area contributed by atoms with Crippen molar-refractivity contribution in [2.45, 2.75) is 0 Å². The summed E-state index contributed by atoms with van der Waals surface area (Å²) in [6, 6.07) is 12.3. The summed E-state index contributed by atoms with van der Waals surface area (Å²) in [5, 5.41) is 0.444. The lowest BCUT2D eigenvalue weighted by Crippen LogP contribution is -2.08. The van der Waals surface area contributed by atoms with E-state index in [1.165, 1.54) is 0 Å². The Balaban J connectivity index is 2.09. The maximum Gasteiger partial charge on any atom is 0.346 e. The molecule has 102 valence electrons. The van der Waals surface area contributed by atoms with Crippen LogP contribution < -0.4 is 11.2 Å². The molecule has 0 unspecified atom stereocenters. The van der Waals surface area contributed by atoms with Crippen molar-refractivity contribution in [3.8, 4) is 11.1 Å². The van der Waals surface area contributed by atoms with Gasteiger partial charge in [-0.3, -0.25) is 9.20 Å². The minimum Gasteiger partial charge on any atom is -0.405 e. The van der Waals surface area contributed by atoms with Crippen molar-refractivity contribution in [3.63, 3.8) is 0 Å². The van der Waals surface area contributed by atoms with Crippen LogP contribution in [0.3, 0.4) is 0 Å². The van der Waals surface area contributed by atoms with Crippen molar-refractivity contribution in [2.24, 2.45) is 0 Å². The summed E-state index contributed by atoms with van der Waals surface area (Å²) in [5.41, 5.74) is 1.85. The lowest BCUT2D eigenvalue weighted by molar-refractivity contribution is 0.549. The number of fused-ring (bicyclic) bond motifs is 3. The highest BCUT2D eigenvalue weighted by Crippen LogP contribution is 2.21. The molecule has 4 aromatic rings. The van der Waals surface area contributed by atoms with Crippen LogP contribution in [0.2, 0.25) is 0 Å². The second kappa shape index (κ2) is 4.21. The minimum atomic E-state index is -0.412. The minimum absolute atomic E-state index is 0.191. The zero-order chi connectivity index (χ0) is 14.4. The van der Waals surface area contributed by atoms with Gasteiger partial charge in [-0.2, -0.15) is 0 Å². The number of aromatic nitrogens is 2. The van der Waals surface area contributed by atoms with Gasteiger partial charge in [0.25, 0.3) is 5.56 Å². The molecule has 0 bridgehead atoms. The van der Waals surface area contributed by atoms with Gasteiger partial charge in [-0.05, 0) is 35.9 Å². The highest BCUT2D eigenvalue weighted by atomic mass is 16.4. The van der Waals surface area contributed by atoms with Crippen LogP contribution in [0.15, 0.2) is 68.9 Å². The summed E-state index contributed by atoms with van der Waals surface area (Å²) >= 11 is 0. The van der Waals surface area contributed by atoms with E-state index in [0.717, 1.165) is 5.52 Å². The molecule has 3 heterocycles. The molecular formula is C16H10N2O3. The second-order valence-corrected chi connectivity index (χ2v) is 4.75. The number of pyridine rings is 1. The van der Waals surface area contributed by atoms with Gasteiger partial charge in [0.2, 0.25) is 5.71 Å². The predicted octanol–water partition coefficient (Wildman–Crippen LogP) is 2.40. The van der Waals surface area contributed by atoms with Crippen molar-refractivity contribution in [2.75, 3.05) is 0 Å². The molecule has 5 heteroatoms. The van der Waals surface area contributed by atoms with E-state index in [9.17, 15) is 9.59 Å². The molecule has 4 rings (SSSR count). The van der Waals surface area contributed by atoms with Crippen molar-refractivity contribution in [1.82, 2.24) is 9.38 Å². The second-order valence-electron chi connectivity index (χ2n) is 4.75. The van der Waals surface area contributed by atoms with Gasteiger partial charge in [0, 0.05) is 24.0 Å². The lowest BCUT2D eigenvalue weighted by Gasteiger charge is -2.04. The summed E-state index contributed by atoms with van der Waals surface area (Å²) in [7, 11) is 0. The molecule has 0 spiro atoms. The summed E-state index contributed by atoms with van der Waals surface area (Å²) in [6.45, 7) is 0. The van der Waals surface area contributed by atoms with Gasteiger partial charge in [-0.25, -0.2) is 4.79 Å². The predicted molar refractivity (Wildman–Crippen MR) is 79.5 cm³/mol. The Morgan fingerprint density at radius 2 is 1.95 bits per heavy atom. The molecule has 1 N–H and O–H groups in total. The monoisotopic (exact) mass is 278 g/mol. The SMILES string of the molecule is O=c1[nH]cccc1-c1ccc2c(c1)c(=O)oc1cccn12. The van der Waals surface area contributed by atoms with E-state index in [-0.39, 0.29) is 5.56 Å². The topological polar surface area (TPSA) is 67.5 Å². The first-order valence-electron chi connectivity index (χ1n) is 6.46. The fourth-order valence-corrected chi connectivity index (χ4v) is 2.52. The number of nitrogens with zero attached hydrogens (tertiary/aromatic N) is 1. The summed E-state index contributed by atoms with van der Waals surface area (Å²) in [6.07, 6.45) is 3.40. The van der Waals surface area contributed by atoms with Crippen molar-refractivity contribution < 1.29 is 4.42 Å². The number of hydrogen-bond acceptors (Lipinski definition) is 3. The number of hydrogen-bond donors (Lipinski definition) is 1. The first-order chi connectivity index (χ1) is 10.2. The molecule has 0 radical (unpaired) electrons. The molecule has 5 nitrogen and oxygen atoms in total. The van der Waals surface area contributed by atoms with Gasteiger partial charge in [0.1, 0.15) is 0 Å². The molecule has 0 saturated carbocycles. The van der Waals surface area contributed by atoms with Crippen LogP contribution in [0.1, 0.15) is 0 Å². The normalized spacial score (nSPS) is 11.2. The molecule has 0 aliphatic rings. The van der Waals surface area contributed by atoms with Gasteiger partial charge in [-0.15, -0.1) is 0 Å². The van der Waals surface area contributed by atoms with E-state index < -0.39 is 5.63 Å². The smallest absolute Gasteiger partial charge is 0.346 e. The average Bonchev–Trinajstić information content (AvgIpc) is 2.96. The quantitative estimate of drug-likeness (QED) is 0.581. The number of aromatic amines is 1. The van der Waals surface area contributed by atoms with Crippen molar-refractivity contribution >= 4 is 16.6 Å². The van der Waals surface area contributed by atoms with E-state index >= 15 is 0 Å². The van der Waals surface area contributed by atoms with E-state index in [0.29, 0.717) is 22.2 Å². The maximum absolute atomic E-state index is 12.1. The van der Waals surface area contributed by atoms with Gasteiger partial charge >= 0.3 is 5.63 Å². The van der Waals surface area contributed by atoms with E-state index in [4.69, 9.17) is 4.42 Å². The van der Waals surface area contributed by atoms with E-state index in [1.54, 1.807) is 34.9 Å². The molecule has 21 heavy (non-hydrogen) atoms. The highest BCUT2D eigenvalue weighted by Gasteiger charge is 2.09. The fraction of sp³-hybridized carbons (Fsp3) is 0. The first kappa shape index (κ1) is 11.7. The third-order valence-electron chi connectivity index (χ3n) is 3.51. The van der Waals surface area contributed by atoms with Crippen LogP contribution >= 0.6 is 0 Å². The van der Waals surface area contributed by atoms with Gasteiger partial charge < -0.3 is 9.40 Å². The van der Waals surface area contributed by atoms with Crippen LogP contribution in [0.25, 0.3) is 27.7 Å². The molecule has 0 amide bonds. The van der Waals surface area contributed by atoms with E-state index in [2.05, 4.69) is 4.98 Å². The molecule has 0 atom stereocenters. The van der Waals surface area contributed by atoms with Crippen molar-refractivity contribution in [3.05, 3.63) is 75.6 Å². The molecular weight excluding hydrogens is 268 g/mol. The van der Waals surface area contributed by atoms with Crippen molar-refractivity contribution in [1.29, 1.82) is 0 Å². The van der Waals surface area contributed by atoms with Crippen LogP contribution in [0.4, 0.5) is 0 Å². The van der Waals surface area contributed by atoms with Gasteiger partial charge in [-0.1, -0.05) is 6.07 Å². The Morgan fingerprint density at radius 1 is 1.05 bits per heavy atom. The maximum atomic E-state index is 12.1. The largest absolute Gasteiger partial charge is 0.405 e. The standard InChI is InChI=1S/C16H10N2O3/c19-15-11(3-1-7-17-15)10-5-6-13-12(9-10)16(20)21-14-4-2-8-18(13)14/h1-9H,(H,17,19). The van der Waals surface area contributed by atoms with Gasteiger partial charge in [0.05, 0.1) is 10.9 Å². The highest BCUT2D eigenvalue weighted by molar-refractivity contribution is 5.85. The average molecular weight is 278 g/mol. The Hall–Kier alpha value is -3.08. The summed E-state index contributed by atoms with van der Waals surface area (Å²) < 4.78 is 7.06. The summed E-state index contributed by atoms with van der Waals surface area (Å²) in [5.74, 6) is 0. The van der Waals surface area contributed by atoms with Gasteiger partial charge in [0.15, 0.2) is 0 Å². The molecule has 0 saturated heterocycles. The van der Waals surface area contributed by atoms with Crippen LogP contribution in [0.5, 0.6) is 0 Å². The zero-order valence-corrected chi connectivity index (χ0v) is 10.9. The Morgan fingerprint density at radius 3 is 2.81 bits per heavy atom. The van der Waals surface area contributed by atoms with Crippen LogP contribution in [-0.2, 0) is 0 Å². The number of nitrogens with one attached hydrogen (secondary N) is 1.